The molecule has 0 bridgehead atoms. The smallest absolute Gasteiger partial charge is 0.309 e. The van der Waals surface area contributed by atoms with Crippen molar-refractivity contribution in [2.75, 3.05) is 4.90 Å². The SMILES string of the molecule is CC(C)(O)C(C)(C)OBc1ccc(N(c2ccccc2)c2ccc3sc4ccccc4c3c2)cc1. The van der Waals surface area contributed by atoms with Crippen LogP contribution in [0.25, 0.3) is 20.2 Å². The van der Waals surface area contributed by atoms with Crippen molar-refractivity contribution in [2.24, 2.45) is 0 Å². The third-order valence-electron chi connectivity index (χ3n) is 6.90. The molecule has 0 aliphatic carbocycles. The topological polar surface area (TPSA) is 32.7 Å². The largest absolute Gasteiger partial charge is 0.427 e. The normalized spacial score (nSPS) is 12.3. The van der Waals surface area contributed by atoms with Gasteiger partial charge in [-0.15, -0.1) is 11.3 Å². The van der Waals surface area contributed by atoms with Crippen LogP contribution in [0.5, 0.6) is 0 Å². The summed E-state index contributed by atoms with van der Waals surface area (Å²) < 4.78 is 8.67. The number of para-hydroxylation sites is 1. The average Bonchev–Trinajstić information content (AvgIpc) is 3.22. The number of thiophene rings is 1. The van der Waals surface area contributed by atoms with E-state index in [2.05, 4.69) is 95.9 Å². The highest BCUT2D eigenvalue weighted by Crippen LogP contribution is 2.40. The van der Waals surface area contributed by atoms with Gasteiger partial charge in [0.1, 0.15) is 0 Å². The summed E-state index contributed by atoms with van der Waals surface area (Å²) in [7, 11) is 0.440. The van der Waals surface area contributed by atoms with Gasteiger partial charge in [-0.3, -0.25) is 0 Å². The number of anilines is 3. The van der Waals surface area contributed by atoms with Crippen LogP contribution in [0, 0.1) is 0 Å². The van der Waals surface area contributed by atoms with Crippen molar-refractivity contribution in [3.8, 4) is 0 Å². The number of hydrogen-bond acceptors (Lipinski definition) is 4. The van der Waals surface area contributed by atoms with Gasteiger partial charge in [0.15, 0.2) is 0 Å². The van der Waals surface area contributed by atoms with Crippen LogP contribution in [0.4, 0.5) is 17.1 Å². The van der Waals surface area contributed by atoms with E-state index in [0.717, 1.165) is 22.5 Å². The molecular formula is C30H30BNO2S. The summed E-state index contributed by atoms with van der Waals surface area (Å²) in [5.74, 6) is 0. The number of rotatable bonds is 7. The molecule has 0 fully saturated rings. The first-order valence-corrected chi connectivity index (χ1v) is 12.8. The van der Waals surface area contributed by atoms with Gasteiger partial charge in [-0.1, -0.05) is 54.0 Å². The summed E-state index contributed by atoms with van der Waals surface area (Å²) in [6.07, 6.45) is 0. The zero-order valence-electron chi connectivity index (χ0n) is 20.7. The molecule has 1 N–H and O–H groups in total. The molecule has 1 aromatic heterocycles. The highest BCUT2D eigenvalue weighted by atomic mass is 32.1. The second-order valence-electron chi connectivity index (χ2n) is 9.97. The van der Waals surface area contributed by atoms with Gasteiger partial charge in [-0.05, 0) is 76.2 Å². The van der Waals surface area contributed by atoms with E-state index in [4.69, 9.17) is 4.65 Å². The van der Waals surface area contributed by atoms with Gasteiger partial charge in [0.05, 0.1) is 11.2 Å². The minimum absolute atomic E-state index is 0.440. The van der Waals surface area contributed by atoms with Crippen LogP contribution in [0.2, 0.25) is 0 Å². The van der Waals surface area contributed by atoms with Crippen molar-refractivity contribution in [2.45, 2.75) is 38.9 Å². The fraction of sp³-hybridized carbons (Fsp3) is 0.200. The summed E-state index contributed by atoms with van der Waals surface area (Å²) in [4.78, 5) is 2.29. The molecule has 1 heterocycles. The van der Waals surface area contributed by atoms with Gasteiger partial charge in [0, 0.05) is 37.2 Å². The molecular weight excluding hydrogens is 449 g/mol. The summed E-state index contributed by atoms with van der Waals surface area (Å²) in [6, 6.07) is 34.3. The minimum Gasteiger partial charge on any atom is -0.427 e. The van der Waals surface area contributed by atoms with Crippen LogP contribution in [-0.4, -0.2) is 23.8 Å². The van der Waals surface area contributed by atoms with Crippen LogP contribution in [0.3, 0.4) is 0 Å². The molecule has 35 heavy (non-hydrogen) atoms. The molecule has 0 atom stereocenters. The van der Waals surface area contributed by atoms with Gasteiger partial charge in [0.25, 0.3) is 0 Å². The first-order valence-electron chi connectivity index (χ1n) is 11.9. The highest BCUT2D eigenvalue weighted by Gasteiger charge is 2.35. The van der Waals surface area contributed by atoms with E-state index >= 15 is 0 Å². The van der Waals surface area contributed by atoms with E-state index < -0.39 is 11.2 Å². The van der Waals surface area contributed by atoms with E-state index in [9.17, 15) is 5.11 Å². The summed E-state index contributed by atoms with van der Waals surface area (Å²) in [6.45, 7) is 7.40. The molecule has 0 saturated carbocycles. The molecule has 0 unspecified atom stereocenters. The second-order valence-corrected chi connectivity index (χ2v) is 11.1. The molecule has 3 nitrogen and oxygen atoms in total. The van der Waals surface area contributed by atoms with E-state index in [0.29, 0.717) is 7.48 Å². The third-order valence-corrected chi connectivity index (χ3v) is 8.05. The maximum atomic E-state index is 10.4. The average molecular weight is 479 g/mol. The van der Waals surface area contributed by atoms with Crippen molar-refractivity contribution >= 4 is 61.5 Å². The second kappa shape index (κ2) is 9.16. The van der Waals surface area contributed by atoms with Crippen LogP contribution < -0.4 is 10.4 Å². The maximum Gasteiger partial charge on any atom is 0.309 e. The summed E-state index contributed by atoms with van der Waals surface area (Å²) in [5, 5.41) is 13.0. The predicted octanol–water partition coefficient (Wildman–Crippen LogP) is 7.07. The predicted molar refractivity (Wildman–Crippen MR) is 152 cm³/mol. The summed E-state index contributed by atoms with van der Waals surface area (Å²) in [5.41, 5.74) is 2.80. The minimum atomic E-state index is -0.929. The number of fused-ring (bicyclic) bond motifs is 3. The van der Waals surface area contributed by atoms with Gasteiger partial charge < -0.3 is 14.7 Å². The number of aliphatic hydroxyl groups is 1. The maximum absolute atomic E-state index is 10.4. The zero-order chi connectivity index (χ0) is 24.6. The standard InChI is InChI=1S/C30H30BNO2S/c1-29(2,33)30(3,4)34-31-21-14-16-23(17-15-21)32(22-10-6-5-7-11-22)24-18-19-28-26(20-24)25-12-8-9-13-27(25)35-28/h5-20,31,33H,1-4H3. The summed E-state index contributed by atoms with van der Waals surface area (Å²) >= 11 is 1.83. The molecule has 5 heteroatoms. The van der Waals surface area contributed by atoms with E-state index in [1.165, 1.54) is 20.2 Å². The Labute approximate surface area is 211 Å². The molecule has 0 amide bonds. The Balaban J connectivity index is 1.51. The van der Waals surface area contributed by atoms with Gasteiger partial charge >= 0.3 is 7.48 Å². The van der Waals surface area contributed by atoms with Gasteiger partial charge in [0.2, 0.25) is 0 Å². The Bertz CT molecular complexity index is 1450. The highest BCUT2D eigenvalue weighted by molar-refractivity contribution is 7.25. The van der Waals surface area contributed by atoms with E-state index in [-0.39, 0.29) is 0 Å². The van der Waals surface area contributed by atoms with Gasteiger partial charge in [-0.2, -0.15) is 0 Å². The first-order chi connectivity index (χ1) is 16.7. The molecule has 0 saturated heterocycles. The first kappa shape index (κ1) is 23.6. The number of hydrogen-bond donors (Lipinski definition) is 1. The lowest BCUT2D eigenvalue weighted by Gasteiger charge is -2.37. The zero-order valence-corrected chi connectivity index (χ0v) is 21.5. The Kier molecular flexibility index (Phi) is 6.18. The van der Waals surface area contributed by atoms with Crippen LogP contribution in [0.15, 0.2) is 97.1 Å². The molecule has 0 aliphatic rings. The lowest BCUT2D eigenvalue weighted by atomic mass is 9.82. The lowest BCUT2D eigenvalue weighted by Crippen LogP contribution is -2.49. The van der Waals surface area contributed by atoms with Crippen LogP contribution >= 0.6 is 11.3 Å². The molecule has 176 valence electrons. The Morgan fingerprint density at radius 2 is 1.29 bits per heavy atom. The lowest BCUT2D eigenvalue weighted by molar-refractivity contribution is -0.0893. The Morgan fingerprint density at radius 1 is 0.686 bits per heavy atom. The quantitative estimate of drug-likeness (QED) is 0.254. The monoisotopic (exact) mass is 479 g/mol. The van der Waals surface area contributed by atoms with Crippen molar-refractivity contribution in [1.82, 2.24) is 0 Å². The van der Waals surface area contributed by atoms with Crippen molar-refractivity contribution in [1.29, 1.82) is 0 Å². The van der Waals surface area contributed by atoms with Crippen molar-refractivity contribution in [3.05, 3.63) is 97.1 Å². The van der Waals surface area contributed by atoms with Crippen molar-refractivity contribution < 1.29 is 9.76 Å². The molecule has 0 radical (unpaired) electrons. The third kappa shape index (κ3) is 4.72. The fourth-order valence-electron chi connectivity index (χ4n) is 4.06. The fourth-order valence-corrected chi connectivity index (χ4v) is 5.15. The molecule has 0 spiro atoms. The van der Waals surface area contributed by atoms with Crippen LogP contribution in [0.1, 0.15) is 27.7 Å². The van der Waals surface area contributed by atoms with Gasteiger partial charge in [-0.25, -0.2) is 0 Å². The van der Waals surface area contributed by atoms with Crippen molar-refractivity contribution in [3.63, 3.8) is 0 Å². The van der Waals surface area contributed by atoms with E-state index in [1.54, 1.807) is 13.8 Å². The molecule has 5 rings (SSSR count). The molecule has 4 aromatic carbocycles. The Morgan fingerprint density at radius 3 is 2.00 bits per heavy atom. The van der Waals surface area contributed by atoms with E-state index in [1.807, 2.05) is 31.3 Å². The Hall–Kier alpha value is -3.12. The molecule has 5 aromatic rings. The van der Waals surface area contributed by atoms with Crippen LogP contribution in [-0.2, 0) is 4.65 Å². The number of nitrogens with zero attached hydrogens (tertiary/aromatic N) is 1. The molecule has 0 aliphatic heterocycles. The number of benzene rings is 4.